The molecule has 0 aliphatic heterocycles. The van der Waals surface area contributed by atoms with Crippen LogP contribution in [0.1, 0.15) is 117 Å². The lowest BCUT2D eigenvalue weighted by Gasteiger charge is -2.52. The molecule has 34 heavy (non-hydrogen) atoms. The van der Waals surface area contributed by atoms with E-state index in [4.69, 9.17) is 9.84 Å². The maximum absolute atomic E-state index is 12.1. The van der Waals surface area contributed by atoms with E-state index in [2.05, 4.69) is 6.92 Å². The standard InChI is InChI=1S/C30H46O4/c1-21(32)34-28-17-16-27-26-14-12-22-19-24(33)13-15-25(22)29(26)23(20-30(27,28)2)11-9-7-5-3-4-6-8-10-18-31/h19,23,26-28,31H,3-18,20H2,1-2H3/t23-,26-,27-,28-,30-/m0/s1. The molecule has 0 radical (unpaired) electrons. The molecule has 1 N–H and O–H groups in total. The quantitative estimate of drug-likeness (QED) is 0.265. The number of unbranched alkanes of at least 4 members (excludes halogenated alkanes) is 7. The highest BCUT2D eigenvalue weighted by Gasteiger charge is 2.57. The number of ketones is 1. The number of aliphatic hydroxyl groups excluding tert-OH is 1. The minimum absolute atomic E-state index is 0.0628. The van der Waals surface area contributed by atoms with Gasteiger partial charge in [0.1, 0.15) is 6.10 Å². The van der Waals surface area contributed by atoms with E-state index < -0.39 is 0 Å². The number of aliphatic hydroxyl groups is 1. The minimum atomic E-state index is -0.133. The number of esters is 1. The van der Waals surface area contributed by atoms with E-state index in [1.165, 1.54) is 50.5 Å². The van der Waals surface area contributed by atoms with Crippen molar-refractivity contribution in [1.29, 1.82) is 0 Å². The molecular weight excluding hydrogens is 424 g/mol. The molecule has 0 aromatic carbocycles. The maximum Gasteiger partial charge on any atom is 0.302 e. The fourth-order valence-electron chi connectivity index (χ4n) is 8.00. The zero-order chi connectivity index (χ0) is 24.1. The summed E-state index contributed by atoms with van der Waals surface area (Å²) in [5.74, 6) is 1.96. The van der Waals surface area contributed by atoms with Crippen LogP contribution >= 0.6 is 0 Å². The molecule has 0 heterocycles. The zero-order valence-electron chi connectivity index (χ0n) is 21.6. The van der Waals surface area contributed by atoms with Gasteiger partial charge in [-0.25, -0.2) is 0 Å². The third kappa shape index (κ3) is 5.53. The van der Waals surface area contributed by atoms with E-state index in [1.807, 2.05) is 6.08 Å². The number of carbonyl (C=O) groups excluding carboxylic acids is 2. The number of rotatable bonds is 11. The van der Waals surface area contributed by atoms with Gasteiger partial charge in [0, 0.05) is 25.4 Å². The number of hydrogen-bond acceptors (Lipinski definition) is 4. The molecule has 0 aromatic heterocycles. The van der Waals surface area contributed by atoms with Gasteiger partial charge >= 0.3 is 5.97 Å². The van der Waals surface area contributed by atoms with Crippen molar-refractivity contribution in [3.8, 4) is 0 Å². The van der Waals surface area contributed by atoms with Gasteiger partial charge in [0.15, 0.2) is 5.78 Å². The Kier molecular flexibility index (Phi) is 8.71. The van der Waals surface area contributed by atoms with Gasteiger partial charge in [-0.1, -0.05) is 57.4 Å². The fraction of sp³-hybridized carbons (Fsp3) is 0.800. The molecule has 0 spiro atoms. The summed E-state index contributed by atoms with van der Waals surface area (Å²) < 4.78 is 5.90. The second-order valence-corrected chi connectivity index (χ2v) is 11.7. The third-order valence-corrected chi connectivity index (χ3v) is 9.52. The van der Waals surface area contributed by atoms with Gasteiger partial charge in [-0.2, -0.15) is 0 Å². The number of ether oxygens (including phenoxy) is 1. The van der Waals surface area contributed by atoms with Crippen molar-refractivity contribution in [2.45, 2.75) is 123 Å². The molecule has 4 aliphatic carbocycles. The second-order valence-electron chi connectivity index (χ2n) is 11.7. The molecule has 2 saturated carbocycles. The van der Waals surface area contributed by atoms with Crippen LogP contribution in [0.15, 0.2) is 22.8 Å². The van der Waals surface area contributed by atoms with Gasteiger partial charge in [-0.05, 0) is 86.3 Å². The number of carbonyl (C=O) groups is 2. The molecule has 0 amide bonds. The molecule has 2 fully saturated rings. The fourth-order valence-corrected chi connectivity index (χ4v) is 8.00. The number of hydrogen-bond donors (Lipinski definition) is 1. The third-order valence-electron chi connectivity index (χ3n) is 9.52. The average molecular weight is 471 g/mol. The molecule has 0 aromatic rings. The van der Waals surface area contributed by atoms with Crippen LogP contribution in [0.5, 0.6) is 0 Å². The maximum atomic E-state index is 12.1. The van der Waals surface area contributed by atoms with Crippen molar-refractivity contribution in [2.24, 2.45) is 23.2 Å². The van der Waals surface area contributed by atoms with Crippen LogP contribution in [-0.2, 0) is 14.3 Å². The average Bonchev–Trinajstić information content (AvgIpc) is 3.12. The lowest BCUT2D eigenvalue weighted by molar-refractivity contribution is -0.154. The van der Waals surface area contributed by atoms with E-state index in [0.29, 0.717) is 36.6 Å². The van der Waals surface area contributed by atoms with Crippen LogP contribution in [0.25, 0.3) is 0 Å². The monoisotopic (exact) mass is 470 g/mol. The van der Waals surface area contributed by atoms with Crippen LogP contribution in [0.3, 0.4) is 0 Å². The van der Waals surface area contributed by atoms with Gasteiger partial charge in [-0.15, -0.1) is 0 Å². The summed E-state index contributed by atoms with van der Waals surface area (Å²) in [6.45, 7) is 4.29. The molecule has 0 saturated heterocycles. The molecule has 4 heteroatoms. The first-order valence-electron chi connectivity index (χ1n) is 14.2. The van der Waals surface area contributed by atoms with Gasteiger partial charge in [0.25, 0.3) is 0 Å². The van der Waals surface area contributed by atoms with Crippen molar-refractivity contribution in [1.82, 2.24) is 0 Å². The van der Waals surface area contributed by atoms with Crippen molar-refractivity contribution >= 4 is 11.8 Å². The summed E-state index contributed by atoms with van der Waals surface area (Å²) in [4.78, 5) is 24.0. The zero-order valence-corrected chi connectivity index (χ0v) is 21.6. The molecule has 4 rings (SSSR count). The summed E-state index contributed by atoms with van der Waals surface area (Å²) in [6, 6.07) is 0. The van der Waals surface area contributed by atoms with Crippen LogP contribution in [-0.4, -0.2) is 29.6 Å². The Morgan fingerprint density at radius 1 is 1.00 bits per heavy atom. The topological polar surface area (TPSA) is 63.6 Å². The summed E-state index contributed by atoms with van der Waals surface area (Å²) >= 11 is 0. The first-order chi connectivity index (χ1) is 16.4. The van der Waals surface area contributed by atoms with Crippen molar-refractivity contribution in [3.63, 3.8) is 0 Å². The summed E-state index contributed by atoms with van der Waals surface area (Å²) in [5, 5.41) is 8.92. The van der Waals surface area contributed by atoms with Gasteiger partial charge in [0.05, 0.1) is 0 Å². The Hall–Kier alpha value is -1.42. The van der Waals surface area contributed by atoms with Crippen LogP contribution in [0, 0.1) is 23.2 Å². The highest BCUT2D eigenvalue weighted by molar-refractivity contribution is 5.93. The molecule has 0 bridgehead atoms. The van der Waals surface area contributed by atoms with Crippen LogP contribution in [0.2, 0.25) is 0 Å². The van der Waals surface area contributed by atoms with E-state index in [9.17, 15) is 9.59 Å². The largest absolute Gasteiger partial charge is 0.462 e. The van der Waals surface area contributed by atoms with Gasteiger partial charge in [-0.3, -0.25) is 9.59 Å². The lowest BCUT2D eigenvalue weighted by Crippen LogP contribution is -2.46. The van der Waals surface area contributed by atoms with Crippen LogP contribution in [0.4, 0.5) is 0 Å². The smallest absolute Gasteiger partial charge is 0.302 e. The first kappa shape index (κ1) is 25.7. The minimum Gasteiger partial charge on any atom is -0.462 e. The Bertz CT molecular complexity index is 809. The molecular formula is C30H46O4. The molecule has 4 nitrogen and oxygen atoms in total. The molecule has 4 aliphatic rings. The number of fused-ring (bicyclic) bond motifs is 4. The highest BCUT2D eigenvalue weighted by atomic mass is 16.5. The first-order valence-corrected chi connectivity index (χ1v) is 14.2. The number of allylic oxidation sites excluding steroid dienone is 4. The Morgan fingerprint density at radius 3 is 2.41 bits per heavy atom. The normalized spacial score (nSPS) is 32.7. The van der Waals surface area contributed by atoms with Crippen LogP contribution < -0.4 is 0 Å². The molecule has 5 atom stereocenters. The lowest BCUT2D eigenvalue weighted by atomic mass is 9.53. The summed E-state index contributed by atoms with van der Waals surface area (Å²) in [6.07, 6.45) is 20.2. The Labute approximate surface area is 206 Å². The predicted molar refractivity (Wildman–Crippen MR) is 135 cm³/mol. The van der Waals surface area contributed by atoms with E-state index >= 15 is 0 Å². The SMILES string of the molecule is CC(=O)O[C@H]1CC[C@H]2[C@@H]3CCC4=CC(=O)CCC4=C3[C@@H](CCCCCCCCCCO)C[C@]12C. The molecule has 190 valence electrons. The van der Waals surface area contributed by atoms with E-state index in [-0.39, 0.29) is 17.5 Å². The Morgan fingerprint density at radius 2 is 1.71 bits per heavy atom. The van der Waals surface area contributed by atoms with Gasteiger partial charge < -0.3 is 9.84 Å². The van der Waals surface area contributed by atoms with Crippen molar-refractivity contribution in [3.05, 3.63) is 22.8 Å². The van der Waals surface area contributed by atoms with E-state index in [0.717, 1.165) is 51.4 Å². The van der Waals surface area contributed by atoms with Crippen molar-refractivity contribution in [2.75, 3.05) is 6.61 Å². The summed E-state index contributed by atoms with van der Waals surface area (Å²) in [5.41, 5.74) is 4.68. The molecule has 0 unspecified atom stereocenters. The Balaban J connectivity index is 1.46. The van der Waals surface area contributed by atoms with Gasteiger partial charge in [0.2, 0.25) is 0 Å². The highest BCUT2D eigenvalue weighted by Crippen LogP contribution is 2.63. The van der Waals surface area contributed by atoms with E-state index in [1.54, 1.807) is 18.1 Å². The van der Waals surface area contributed by atoms with Crippen molar-refractivity contribution < 1.29 is 19.4 Å². The summed E-state index contributed by atoms with van der Waals surface area (Å²) in [7, 11) is 0. The second kappa shape index (κ2) is 11.5. The predicted octanol–water partition coefficient (Wildman–Crippen LogP) is 6.85.